The maximum absolute atomic E-state index is 12.4. The number of nitrogens with one attached hydrogen (secondary N) is 2. The molecule has 4 N–H and O–H groups in total. The lowest BCUT2D eigenvalue weighted by molar-refractivity contribution is -0.161. The molecule has 1 aromatic heterocycles. The normalized spacial score (nSPS) is 20.3. The van der Waals surface area contributed by atoms with Gasteiger partial charge in [-0.15, -0.1) is 0 Å². The average Bonchev–Trinajstić information content (AvgIpc) is 3.37. The van der Waals surface area contributed by atoms with Crippen LogP contribution in [0.1, 0.15) is 24.5 Å². The van der Waals surface area contributed by atoms with Crippen molar-refractivity contribution in [3.8, 4) is 11.8 Å². The fraction of sp³-hybridized carbons (Fsp3) is 0.273. The zero-order valence-electron chi connectivity index (χ0n) is 17.0. The van der Waals surface area contributed by atoms with Crippen LogP contribution in [0.2, 0.25) is 0 Å². The van der Waals surface area contributed by atoms with Crippen molar-refractivity contribution in [2.75, 3.05) is 11.9 Å². The Hall–Kier alpha value is -4.10. The maximum atomic E-state index is 12.4. The minimum Gasteiger partial charge on any atom is -0.482 e. The SMILES string of the molecule is C[C@@H](O)[C@H]1C(=O)N2C(C(=O)O)=C(c3ccc(OCC(=O)Nc4ccc[nH]4)c(C#N)c3)C[C@H]12. The summed E-state index contributed by atoms with van der Waals surface area (Å²) in [5.74, 6) is -2.06. The maximum Gasteiger partial charge on any atom is 0.352 e. The number of H-pyrrole nitrogens is 1. The van der Waals surface area contributed by atoms with E-state index in [2.05, 4.69) is 10.3 Å². The zero-order valence-corrected chi connectivity index (χ0v) is 17.0. The number of β-lactam (4-membered cyclic amide) rings is 1. The Balaban J connectivity index is 1.55. The molecule has 10 heteroatoms. The number of fused-ring (bicyclic) bond motifs is 1. The number of amides is 2. The first-order chi connectivity index (χ1) is 15.3. The molecule has 2 amide bonds. The predicted octanol–water partition coefficient (Wildman–Crippen LogP) is 1.31. The molecule has 3 atom stereocenters. The third kappa shape index (κ3) is 3.59. The van der Waals surface area contributed by atoms with Crippen LogP contribution in [-0.4, -0.2) is 56.6 Å². The molecule has 0 bridgehead atoms. The summed E-state index contributed by atoms with van der Waals surface area (Å²) in [6, 6.07) is 9.53. The number of carboxylic acids is 1. The van der Waals surface area contributed by atoms with Crippen LogP contribution >= 0.6 is 0 Å². The summed E-state index contributed by atoms with van der Waals surface area (Å²) < 4.78 is 5.47. The highest BCUT2D eigenvalue weighted by atomic mass is 16.5. The van der Waals surface area contributed by atoms with Gasteiger partial charge in [-0.05, 0) is 48.7 Å². The Morgan fingerprint density at radius 2 is 2.19 bits per heavy atom. The van der Waals surface area contributed by atoms with Gasteiger partial charge in [0.15, 0.2) is 6.61 Å². The van der Waals surface area contributed by atoms with E-state index in [1.54, 1.807) is 24.4 Å². The molecule has 32 heavy (non-hydrogen) atoms. The number of aromatic amines is 1. The highest BCUT2D eigenvalue weighted by molar-refractivity contribution is 6.06. The molecular formula is C22H20N4O6. The molecule has 0 unspecified atom stereocenters. The van der Waals surface area contributed by atoms with Crippen molar-refractivity contribution in [2.45, 2.75) is 25.5 Å². The van der Waals surface area contributed by atoms with Gasteiger partial charge in [-0.1, -0.05) is 6.07 Å². The summed E-state index contributed by atoms with van der Waals surface area (Å²) in [4.78, 5) is 40.3. The van der Waals surface area contributed by atoms with Gasteiger partial charge in [-0.2, -0.15) is 5.26 Å². The van der Waals surface area contributed by atoms with Crippen LogP contribution in [0, 0.1) is 17.2 Å². The average molecular weight is 436 g/mol. The van der Waals surface area contributed by atoms with Gasteiger partial charge in [-0.3, -0.25) is 9.59 Å². The fourth-order valence-corrected chi connectivity index (χ4v) is 4.20. The molecule has 1 aromatic carbocycles. The topological polar surface area (TPSA) is 156 Å². The zero-order chi connectivity index (χ0) is 23.0. The highest BCUT2D eigenvalue weighted by Gasteiger charge is 2.56. The first-order valence-electron chi connectivity index (χ1n) is 9.90. The van der Waals surface area contributed by atoms with Crippen LogP contribution in [-0.2, 0) is 14.4 Å². The Morgan fingerprint density at radius 3 is 2.81 bits per heavy atom. The summed E-state index contributed by atoms with van der Waals surface area (Å²) in [6.45, 7) is 1.18. The molecule has 4 rings (SSSR count). The Morgan fingerprint density at radius 1 is 1.41 bits per heavy atom. The lowest BCUT2D eigenvalue weighted by Crippen LogP contribution is -2.61. The van der Waals surface area contributed by atoms with Crippen molar-refractivity contribution in [1.82, 2.24) is 9.88 Å². The second kappa shape index (κ2) is 8.20. The minimum atomic E-state index is -1.25. The number of aliphatic carboxylic acids is 1. The van der Waals surface area contributed by atoms with E-state index in [1.807, 2.05) is 6.07 Å². The molecule has 1 fully saturated rings. The monoisotopic (exact) mass is 436 g/mol. The number of benzene rings is 1. The van der Waals surface area contributed by atoms with Crippen molar-refractivity contribution in [2.24, 2.45) is 5.92 Å². The largest absolute Gasteiger partial charge is 0.482 e. The second-order valence-electron chi connectivity index (χ2n) is 7.62. The lowest BCUT2D eigenvalue weighted by atomic mass is 9.82. The number of nitrogens with zero attached hydrogens (tertiary/aromatic N) is 2. The molecule has 2 aromatic rings. The lowest BCUT2D eigenvalue weighted by Gasteiger charge is -2.44. The number of nitriles is 1. The fourth-order valence-electron chi connectivity index (χ4n) is 4.20. The van der Waals surface area contributed by atoms with Gasteiger partial charge in [0.1, 0.15) is 23.3 Å². The van der Waals surface area contributed by atoms with Crippen LogP contribution in [0.4, 0.5) is 5.82 Å². The summed E-state index contributed by atoms with van der Waals surface area (Å²) >= 11 is 0. The number of carbonyl (C=O) groups is 3. The Labute approximate surface area is 182 Å². The van der Waals surface area contributed by atoms with Gasteiger partial charge in [0, 0.05) is 6.20 Å². The number of aliphatic hydroxyl groups is 1. The van der Waals surface area contributed by atoms with Gasteiger partial charge >= 0.3 is 5.97 Å². The van der Waals surface area contributed by atoms with Gasteiger partial charge in [-0.25, -0.2) is 4.79 Å². The molecule has 0 aliphatic carbocycles. The highest BCUT2D eigenvalue weighted by Crippen LogP contribution is 2.47. The van der Waals surface area contributed by atoms with E-state index in [-0.39, 0.29) is 30.0 Å². The summed E-state index contributed by atoms with van der Waals surface area (Å²) in [6.07, 6.45) is 1.03. The number of hydrogen-bond acceptors (Lipinski definition) is 6. The second-order valence-corrected chi connectivity index (χ2v) is 7.62. The standard InChI is InChI=1S/C22H20N4O6/c1-11(27)19-15-8-14(20(22(30)31)26(15)21(19)29)12-4-5-16(13(7-12)9-23)32-10-18(28)25-17-3-2-6-24-17/h2-7,11,15,19,24,27H,8,10H2,1H3,(H,25,28)(H,30,31)/t11-,15-,19-/m1/s1. The van der Waals surface area contributed by atoms with Crippen molar-refractivity contribution in [1.29, 1.82) is 5.26 Å². The molecule has 0 radical (unpaired) electrons. The van der Waals surface area contributed by atoms with E-state index >= 15 is 0 Å². The van der Waals surface area contributed by atoms with E-state index in [4.69, 9.17) is 4.74 Å². The van der Waals surface area contributed by atoms with E-state index < -0.39 is 35.8 Å². The van der Waals surface area contributed by atoms with E-state index in [1.165, 1.54) is 24.0 Å². The van der Waals surface area contributed by atoms with E-state index in [0.717, 1.165) is 0 Å². The van der Waals surface area contributed by atoms with Gasteiger partial charge in [0.05, 0.1) is 23.6 Å². The number of rotatable bonds is 7. The summed E-state index contributed by atoms with van der Waals surface area (Å²) in [5, 5.41) is 31.7. The van der Waals surface area contributed by atoms with Crippen molar-refractivity contribution in [3.63, 3.8) is 0 Å². The first-order valence-corrected chi connectivity index (χ1v) is 9.90. The van der Waals surface area contributed by atoms with Crippen LogP contribution in [0.15, 0.2) is 42.2 Å². The minimum absolute atomic E-state index is 0.125. The number of carboxylic acid groups (broad SMARTS) is 1. The molecule has 2 aliphatic heterocycles. The Bertz CT molecular complexity index is 1160. The van der Waals surface area contributed by atoms with Crippen LogP contribution in [0.25, 0.3) is 5.57 Å². The number of anilines is 1. The molecule has 10 nitrogen and oxygen atoms in total. The number of aliphatic hydroxyl groups excluding tert-OH is 1. The third-order valence-corrected chi connectivity index (χ3v) is 5.61. The van der Waals surface area contributed by atoms with Gasteiger partial charge < -0.3 is 30.2 Å². The quantitative estimate of drug-likeness (QED) is 0.477. The number of ether oxygens (including phenoxy) is 1. The Kier molecular flexibility index (Phi) is 5.42. The van der Waals surface area contributed by atoms with Crippen molar-refractivity contribution >= 4 is 29.2 Å². The van der Waals surface area contributed by atoms with Crippen molar-refractivity contribution in [3.05, 3.63) is 53.4 Å². The smallest absolute Gasteiger partial charge is 0.352 e. The van der Waals surface area contributed by atoms with Crippen LogP contribution in [0.3, 0.4) is 0 Å². The summed E-state index contributed by atoms with van der Waals surface area (Å²) in [7, 11) is 0. The number of aromatic nitrogens is 1. The molecule has 3 heterocycles. The van der Waals surface area contributed by atoms with Crippen LogP contribution in [0.5, 0.6) is 5.75 Å². The molecule has 1 saturated heterocycles. The number of carbonyl (C=O) groups excluding carboxylic acids is 2. The molecule has 0 spiro atoms. The van der Waals surface area contributed by atoms with Gasteiger partial charge in [0.25, 0.3) is 5.91 Å². The number of hydrogen-bond donors (Lipinski definition) is 4. The first kappa shape index (κ1) is 21.1. The van der Waals surface area contributed by atoms with E-state index in [0.29, 0.717) is 17.0 Å². The molecule has 0 saturated carbocycles. The van der Waals surface area contributed by atoms with Gasteiger partial charge in [0.2, 0.25) is 5.91 Å². The third-order valence-electron chi connectivity index (χ3n) is 5.61. The summed E-state index contributed by atoms with van der Waals surface area (Å²) in [5.41, 5.74) is 0.861. The van der Waals surface area contributed by atoms with Crippen molar-refractivity contribution < 1.29 is 29.3 Å². The molecule has 2 aliphatic rings. The van der Waals surface area contributed by atoms with E-state index in [9.17, 15) is 29.9 Å². The molecular weight excluding hydrogens is 416 g/mol. The van der Waals surface area contributed by atoms with Crippen LogP contribution < -0.4 is 10.1 Å². The predicted molar refractivity (Wildman–Crippen MR) is 111 cm³/mol. The molecule has 164 valence electrons.